The number of methoxy groups -OCH3 is 1. The number of nitrogens with one attached hydrogen (secondary N) is 1. The molecule has 0 spiro atoms. The van der Waals surface area contributed by atoms with Gasteiger partial charge in [0, 0.05) is 6.42 Å². The van der Waals surface area contributed by atoms with E-state index in [4.69, 9.17) is 9.47 Å². The zero-order chi connectivity index (χ0) is 21.4. The van der Waals surface area contributed by atoms with Crippen LogP contribution < -0.4 is 14.9 Å². The third-order valence-corrected chi connectivity index (χ3v) is 5.42. The highest BCUT2D eigenvalue weighted by Crippen LogP contribution is 2.31. The molecule has 29 heavy (non-hydrogen) atoms. The van der Waals surface area contributed by atoms with Crippen molar-refractivity contribution in [2.45, 2.75) is 39.0 Å². The fourth-order valence-corrected chi connectivity index (χ4v) is 3.55. The van der Waals surface area contributed by atoms with Gasteiger partial charge in [0.25, 0.3) is 0 Å². The van der Waals surface area contributed by atoms with Crippen molar-refractivity contribution in [3.63, 3.8) is 0 Å². The molecule has 0 aromatic heterocycles. The minimum Gasteiger partial charge on any atom is -0.496 e. The Morgan fingerprint density at radius 2 is 1.79 bits per heavy atom. The molecule has 5 nitrogen and oxygen atoms in total. The number of nitrogens with zero attached hydrogens (tertiary/aromatic N) is 1. The maximum Gasteiger partial charge on any atom is 0.240 e. The smallest absolute Gasteiger partial charge is 0.240 e. The third kappa shape index (κ3) is 7.48. The van der Waals surface area contributed by atoms with Crippen LogP contribution in [0.2, 0.25) is 0 Å². The predicted octanol–water partition coefficient (Wildman–Crippen LogP) is 5.83. The van der Waals surface area contributed by atoms with Crippen molar-refractivity contribution in [1.29, 1.82) is 0 Å². The molecular formula is C22H26Br2N2O3. The molecule has 0 aliphatic heterocycles. The first kappa shape index (κ1) is 23.4. The second-order valence-corrected chi connectivity index (χ2v) is 9.24. The van der Waals surface area contributed by atoms with E-state index in [1.54, 1.807) is 13.3 Å². The summed E-state index contributed by atoms with van der Waals surface area (Å²) in [5.74, 6) is 1.37. The molecule has 2 aromatic rings. The largest absolute Gasteiger partial charge is 0.496 e. The van der Waals surface area contributed by atoms with E-state index >= 15 is 0 Å². The summed E-state index contributed by atoms with van der Waals surface area (Å²) >= 11 is 6.97. The van der Waals surface area contributed by atoms with Crippen molar-refractivity contribution < 1.29 is 14.3 Å². The topological polar surface area (TPSA) is 59.9 Å². The van der Waals surface area contributed by atoms with Crippen LogP contribution in [0, 0.1) is 0 Å². The molecule has 0 atom stereocenters. The minimum absolute atomic E-state index is 0.0849. The van der Waals surface area contributed by atoms with Gasteiger partial charge in [-0.05, 0) is 85.2 Å². The van der Waals surface area contributed by atoms with Crippen molar-refractivity contribution in [1.82, 2.24) is 5.43 Å². The first-order valence-corrected chi connectivity index (χ1v) is 10.9. The molecule has 0 radical (unpaired) electrons. The molecule has 2 aromatic carbocycles. The lowest BCUT2D eigenvalue weighted by Crippen LogP contribution is -2.18. The molecule has 156 valence electrons. The Bertz CT molecular complexity index is 877. The number of rotatable bonds is 8. The van der Waals surface area contributed by atoms with Crippen molar-refractivity contribution >= 4 is 44.0 Å². The predicted molar refractivity (Wildman–Crippen MR) is 124 cm³/mol. The summed E-state index contributed by atoms with van der Waals surface area (Å²) in [4.78, 5) is 11.9. The fraction of sp³-hybridized carbons (Fsp3) is 0.364. The molecule has 0 heterocycles. The summed E-state index contributed by atoms with van der Waals surface area (Å²) < 4.78 is 12.7. The molecule has 0 saturated carbocycles. The van der Waals surface area contributed by atoms with E-state index < -0.39 is 0 Å². The maximum atomic E-state index is 11.9. The normalized spacial score (nSPS) is 11.5. The van der Waals surface area contributed by atoms with Gasteiger partial charge in [0.1, 0.15) is 11.5 Å². The van der Waals surface area contributed by atoms with Gasteiger partial charge in [-0.3, -0.25) is 4.79 Å². The molecular weight excluding hydrogens is 500 g/mol. The van der Waals surface area contributed by atoms with Crippen LogP contribution in [0.4, 0.5) is 0 Å². The van der Waals surface area contributed by atoms with Gasteiger partial charge in [0.15, 0.2) is 0 Å². The van der Waals surface area contributed by atoms with Gasteiger partial charge >= 0.3 is 0 Å². The van der Waals surface area contributed by atoms with E-state index in [1.165, 1.54) is 5.56 Å². The number of hydrogen-bond donors (Lipinski definition) is 1. The van der Waals surface area contributed by atoms with E-state index in [0.29, 0.717) is 19.4 Å². The lowest BCUT2D eigenvalue weighted by molar-refractivity contribution is -0.121. The summed E-state index contributed by atoms with van der Waals surface area (Å²) in [7, 11) is 1.61. The Balaban J connectivity index is 1.74. The van der Waals surface area contributed by atoms with Gasteiger partial charge in [-0.15, -0.1) is 0 Å². The summed E-state index contributed by atoms with van der Waals surface area (Å²) in [6.07, 6.45) is 2.52. The second-order valence-electron chi connectivity index (χ2n) is 7.53. The molecule has 1 amide bonds. The van der Waals surface area contributed by atoms with Crippen LogP contribution in [0.15, 0.2) is 50.4 Å². The Hall–Kier alpha value is -1.86. The first-order valence-electron chi connectivity index (χ1n) is 9.29. The molecule has 0 fully saturated rings. The highest BCUT2D eigenvalue weighted by atomic mass is 79.9. The number of ether oxygens (including phenoxy) is 2. The minimum atomic E-state index is -0.153. The summed E-state index contributed by atoms with van der Waals surface area (Å²) in [6.45, 7) is 6.97. The van der Waals surface area contributed by atoms with Gasteiger partial charge in [-0.1, -0.05) is 26.8 Å². The lowest BCUT2D eigenvalue weighted by Gasteiger charge is -2.20. The Kier molecular flexibility index (Phi) is 8.71. The van der Waals surface area contributed by atoms with Gasteiger partial charge in [0.05, 0.1) is 28.9 Å². The number of benzene rings is 2. The fourth-order valence-electron chi connectivity index (χ4n) is 2.50. The van der Waals surface area contributed by atoms with Crippen LogP contribution in [-0.2, 0) is 10.2 Å². The number of carbonyl (C=O) groups excluding carboxylic acids is 1. The Morgan fingerprint density at radius 3 is 2.41 bits per heavy atom. The third-order valence-electron chi connectivity index (χ3n) is 4.18. The van der Waals surface area contributed by atoms with Crippen LogP contribution in [0.5, 0.6) is 11.5 Å². The standard InChI is InChI=1S/C22H26Br2N2O3/c1-22(2,3)16-8-10-20(18(24)13-16)29-11-5-6-21(27)26-25-14-15-7-9-19(28-4)17(23)12-15/h7-10,12-14H,5-6,11H2,1-4H3,(H,26,27)/b25-14+. The number of hydrogen-bond acceptors (Lipinski definition) is 4. The quantitative estimate of drug-likeness (QED) is 0.268. The molecule has 2 rings (SSSR count). The summed E-state index contributed by atoms with van der Waals surface area (Å²) in [5.41, 5.74) is 4.70. The van der Waals surface area contributed by atoms with Gasteiger partial charge in [0.2, 0.25) is 5.91 Å². The zero-order valence-electron chi connectivity index (χ0n) is 17.1. The Labute approximate surface area is 189 Å². The maximum absolute atomic E-state index is 11.9. The average Bonchev–Trinajstić information content (AvgIpc) is 2.65. The average molecular weight is 526 g/mol. The van der Waals surface area contributed by atoms with Crippen LogP contribution in [-0.4, -0.2) is 25.8 Å². The Morgan fingerprint density at radius 1 is 1.10 bits per heavy atom. The van der Waals surface area contributed by atoms with E-state index in [-0.39, 0.29) is 11.3 Å². The number of hydrazone groups is 1. The van der Waals surface area contributed by atoms with Crippen molar-refractivity contribution in [2.75, 3.05) is 13.7 Å². The molecule has 0 aliphatic carbocycles. The highest BCUT2D eigenvalue weighted by Gasteiger charge is 2.15. The summed E-state index contributed by atoms with van der Waals surface area (Å²) in [6, 6.07) is 11.7. The van der Waals surface area contributed by atoms with Crippen molar-refractivity contribution in [3.05, 3.63) is 56.5 Å². The van der Waals surface area contributed by atoms with Gasteiger partial charge < -0.3 is 9.47 Å². The lowest BCUT2D eigenvalue weighted by atomic mass is 9.87. The molecule has 7 heteroatoms. The van der Waals surface area contributed by atoms with E-state index in [0.717, 1.165) is 26.0 Å². The SMILES string of the molecule is COc1ccc(/C=N/NC(=O)CCCOc2ccc(C(C)(C)C)cc2Br)cc1Br. The van der Waals surface area contributed by atoms with Crippen LogP contribution >= 0.6 is 31.9 Å². The van der Waals surface area contributed by atoms with Gasteiger partial charge in [-0.2, -0.15) is 5.10 Å². The van der Waals surface area contributed by atoms with E-state index in [9.17, 15) is 4.79 Å². The zero-order valence-corrected chi connectivity index (χ0v) is 20.3. The van der Waals surface area contributed by atoms with Crippen LogP contribution in [0.3, 0.4) is 0 Å². The van der Waals surface area contributed by atoms with Crippen LogP contribution in [0.25, 0.3) is 0 Å². The molecule has 0 saturated heterocycles. The molecule has 0 bridgehead atoms. The van der Waals surface area contributed by atoms with E-state index in [1.807, 2.05) is 24.3 Å². The number of amides is 1. The van der Waals surface area contributed by atoms with Gasteiger partial charge in [-0.25, -0.2) is 5.43 Å². The molecule has 0 unspecified atom stereocenters. The van der Waals surface area contributed by atoms with Crippen LogP contribution in [0.1, 0.15) is 44.7 Å². The van der Waals surface area contributed by atoms with Crippen molar-refractivity contribution in [3.8, 4) is 11.5 Å². The van der Waals surface area contributed by atoms with Crippen molar-refractivity contribution in [2.24, 2.45) is 5.10 Å². The number of halogens is 2. The van der Waals surface area contributed by atoms with E-state index in [2.05, 4.69) is 75.3 Å². The highest BCUT2D eigenvalue weighted by molar-refractivity contribution is 9.10. The first-order chi connectivity index (χ1) is 13.7. The monoisotopic (exact) mass is 524 g/mol. The summed E-state index contributed by atoms with van der Waals surface area (Å²) in [5, 5.41) is 3.99. The molecule has 1 N–H and O–H groups in total. The molecule has 0 aliphatic rings. The number of carbonyl (C=O) groups is 1. The second kappa shape index (κ2) is 10.8.